The Morgan fingerprint density at radius 3 is 1.84 bits per heavy atom. The molecule has 0 radical (unpaired) electrons. The van der Waals surface area contributed by atoms with Crippen LogP contribution >= 0.6 is 0 Å². The van der Waals surface area contributed by atoms with Crippen LogP contribution in [0, 0.1) is 0 Å². The van der Waals surface area contributed by atoms with Crippen LogP contribution in [0.25, 0.3) is 0 Å². The van der Waals surface area contributed by atoms with Crippen molar-refractivity contribution >= 4 is 21.9 Å². The fourth-order valence-corrected chi connectivity index (χ4v) is 2.89. The normalized spacial score (nSPS) is 13.5. The smallest absolute Gasteiger partial charge is 0.431 e. The monoisotopic (exact) mass is 479 g/mol. The lowest BCUT2D eigenvalue weighted by Crippen LogP contribution is -2.60. The van der Waals surface area contributed by atoms with Gasteiger partial charge >= 0.3 is 33.1 Å². The Morgan fingerprint density at radius 2 is 1.42 bits per heavy atom. The van der Waals surface area contributed by atoms with Gasteiger partial charge in [0.05, 0.1) is 0 Å². The van der Waals surface area contributed by atoms with Crippen molar-refractivity contribution in [2.24, 2.45) is 0 Å². The number of sulfonamides is 1. The van der Waals surface area contributed by atoms with Crippen LogP contribution < -0.4 is 9.46 Å². The summed E-state index contributed by atoms with van der Waals surface area (Å²) >= 11 is 0. The predicted octanol–water partition coefficient (Wildman–Crippen LogP) is 3.35. The van der Waals surface area contributed by atoms with E-state index >= 15 is 0 Å². The fraction of sp³-hybridized carbons (Fsp3) is 0.529. The first kappa shape index (κ1) is 26.5. The highest BCUT2D eigenvalue weighted by Gasteiger charge is 2.75. The molecule has 14 heteroatoms. The number of amides is 1. The van der Waals surface area contributed by atoms with E-state index in [0.29, 0.717) is 4.72 Å². The van der Waals surface area contributed by atoms with Crippen LogP contribution in [0.5, 0.6) is 5.75 Å². The number of ether oxygens (including phenoxy) is 2. The summed E-state index contributed by atoms with van der Waals surface area (Å²) in [5, 5.41) is -6.30. The molecule has 0 bridgehead atoms. The summed E-state index contributed by atoms with van der Waals surface area (Å²) in [6.45, 7) is 3.74. The van der Waals surface area contributed by atoms with Crippen LogP contribution in [0.3, 0.4) is 0 Å². The summed E-state index contributed by atoms with van der Waals surface area (Å²) in [4.78, 5) is 23.4. The minimum Gasteiger partial charge on any atom is -0.482 e. The van der Waals surface area contributed by atoms with Gasteiger partial charge in [0, 0.05) is 12.5 Å². The molecule has 0 aromatic heterocycles. The van der Waals surface area contributed by atoms with Crippen LogP contribution in [0.4, 0.5) is 26.3 Å². The summed E-state index contributed by atoms with van der Waals surface area (Å²) < 4.78 is 113. The molecule has 0 unspecified atom stereocenters. The Balaban J connectivity index is 2.90. The average Bonchev–Trinajstić information content (AvgIpc) is 2.57. The Kier molecular flexibility index (Phi) is 7.32. The van der Waals surface area contributed by atoms with Crippen molar-refractivity contribution in [1.82, 2.24) is 4.72 Å². The zero-order valence-corrected chi connectivity index (χ0v) is 17.5. The molecule has 0 aliphatic rings. The highest BCUT2D eigenvalue weighted by molar-refractivity contribution is 7.91. The van der Waals surface area contributed by atoms with E-state index in [2.05, 4.69) is 0 Å². The van der Waals surface area contributed by atoms with Crippen LogP contribution in [0.15, 0.2) is 24.3 Å². The Morgan fingerprint density at radius 1 is 0.935 bits per heavy atom. The molecule has 0 fully saturated rings. The van der Waals surface area contributed by atoms with Crippen molar-refractivity contribution in [3.05, 3.63) is 29.8 Å². The number of alkyl halides is 6. The van der Waals surface area contributed by atoms with Crippen molar-refractivity contribution in [3.8, 4) is 5.75 Å². The zero-order chi connectivity index (χ0) is 24.5. The molecule has 0 spiro atoms. The zero-order valence-electron chi connectivity index (χ0n) is 16.6. The maximum absolute atomic E-state index is 13.6. The maximum Gasteiger partial charge on any atom is 0.431 e. The quantitative estimate of drug-likeness (QED) is 0.454. The SMILES string of the molecule is CC(C)(C)OC(=O)COc1ccc(C(=O)NS(=O)(=O)C(F)(F)C(F)(F)C(C)(F)F)cc1. The van der Waals surface area contributed by atoms with Gasteiger partial charge in [-0.25, -0.2) is 9.52 Å². The van der Waals surface area contributed by atoms with Crippen molar-refractivity contribution < 1.29 is 53.8 Å². The largest absolute Gasteiger partial charge is 0.482 e. The highest BCUT2D eigenvalue weighted by Crippen LogP contribution is 2.47. The van der Waals surface area contributed by atoms with Gasteiger partial charge in [0.15, 0.2) is 6.61 Å². The van der Waals surface area contributed by atoms with E-state index in [9.17, 15) is 44.3 Å². The van der Waals surface area contributed by atoms with E-state index < -0.39 is 63.7 Å². The number of rotatable bonds is 8. The van der Waals surface area contributed by atoms with E-state index in [1.165, 1.54) is 0 Å². The first-order valence-electron chi connectivity index (χ1n) is 8.36. The number of nitrogens with one attached hydrogen (secondary N) is 1. The van der Waals surface area contributed by atoms with Gasteiger partial charge in [-0.2, -0.15) is 34.8 Å². The fourth-order valence-electron chi connectivity index (χ4n) is 1.89. The van der Waals surface area contributed by atoms with Gasteiger partial charge < -0.3 is 9.47 Å². The van der Waals surface area contributed by atoms with Gasteiger partial charge in [0.25, 0.3) is 5.91 Å². The van der Waals surface area contributed by atoms with Gasteiger partial charge in [-0.05, 0) is 45.0 Å². The number of hydrogen-bond donors (Lipinski definition) is 1. The van der Waals surface area contributed by atoms with Crippen molar-refractivity contribution in [2.45, 2.75) is 50.4 Å². The standard InChI is InChI=1S/C17H19F6NO6S/c1-14(2,3)30-12(25)9-29-11-7-5-10(6-8-11)13(26)24-31(27,28)17(22,23)16(20,21)15(4,18)19/h5-8H,9H2,1-4H3,(H,24,26). The van der Waals surface area contributed by atoms with Gasteiger partial charge in [0.2, 0.25) is 0 Å². The molecule has 1 rings (SSSR count). The van der Waals surface area contributed by atoms with E-state index in [0.717, 1.165) is 24.3 Å². The van der Waals surface area contributed by atoms with Gasteiger partial charge in [0.1, 0.15) is 11.4 Å². The summed E-state index contributed by atoms with van der Waals surface area (Å²) in [6, 6.07) is 3.80. The minimum absolute atomic E-state index is 0.00671. The second-order valence-corrected chi connectivity index (χ2v) is 9.04. The van der Waals surface area contributed by atoms with Crippen LogP contribution in [-0.2, 0) is 19.6 Å². The average molecular weight is 479 g/mol. The van der Waals surface area contributed by atoms with Gasteiger partial charge in [-0.3, -0.25) is 4.79 Å². The Labute approximate surface area is 173 Å². The summed E-state index contributed by atoms with van der Waals surface area (Å²) in [7, 11) is -6.55. The molecule has 0 aliphatic heterocycles. The van der Waals surface area contributed by atoms with E-state index in [-0.39, 0.29) is 5.75 Å². The van der Waals surface area contributed by atoms with Crippen molar-refractivity contribution in [1.29, 1.82) is 0 Å². The molecular weight excluding hydrogens is 460 g/mol. The maximum atomic E-state index is 13.6. The summed E-state index contributed by atoms with van der Waals surface area (Å²) in [5.74, 6) is -14.2. The lowest BCUT2D eigenvalue weighted by molar-refractivity contribution is -0.271. The molecule has 0 saturated carbocycles. The van der Waals surface area contributed by atoms with E-state index in [1.807, 2.05) is 0 Å². The first-order chi connectivity index (χ1) is 13.7. The summed E-state index contributed by atoms with van der Waals surface area (Å²) in [5.41, 5.74) is -1.37. The molecule has 0 saturated heterocycles. The number of hydrogen-bond acceptors (Lipinski definition) is 6. The predicted molar refractivity (Wildman–Crippen MR) is 94.7 cm³/mol. The van der Waals surface area contributed by atoms with Crippen molar-refractivity contribution in [2.75, 3.05) is 6.61 Å². The Bertz CT molecular complexity index is 920. The summed E-state index contributed by atoms with van der Waals surface area (Å²) in [6.07, 6.45) is 0. The molecule has 1 amide bonds. The number of halogens is 6. The first-order valence-corrected chi connectivity index (χ1v) is 9.84. The lowest BCUT2D eigenvalue weighted by Gasteiger charge is -2.30. The van der Waals surface area contributed by atoms with Crippen LogP contribution in [0.2, 0.25) is 0 Å². The number of carbonyl (C=O) groups excluding carboxylic acids is 2. The topological polar surface area (TPSA) is 98.8 Å². The second kappa shape index (κ2) is 8.55. The molecule has 7 nitrogen and oxygen atoms in total. The molecule has 0 aliphatic carbocycles. The molecule has 1 aromatic rings. The van der Waals surface area contributed by atoms with Gasteiger partial charge in [-0.1, -0.05) is 0 Å². The molecule has 0 atom stereocenters. The molecular formula is C17H19F6NO6S. The third kappa shape index (κ3) is 6.24. The van der Waals surface area contributed by atoms with Crippen LogP contribution in [0.1, 0.15) is 38.1 Å². The highest BCUT2D eigenvalue weighted by atomic mass is 32.2. The Hall–Kier alpha value is -2.51. The molecule has 176 valence electrons. The number of esters is 1. The van der Waals surface area contributed by atoms with Crippen LogP contribution in [-0.4, -0.2) is 49.6 Å². The molecule has 1 N–H and O–H groups in total. The van der Waals surface area contributed by atoms with E-state index in [4.69, 9.17) is 9.47 Å². The number of carbonyl (C=O) groups is 2. The lowest BCUT2D eigenvalue weighted by atomic mass is 10.2. The second-order valence-electron chi connectivity index (χ2n) is 7.31. The molecule has 31 heavy (non-hydrogen) atoms. The number of benzene rings is 1. The molecule has 1 aromatic carbocycles. The van der Waals surface area contributed by atoms with Gasteiger partial charge in [-0.15, -0.1) is 0 Å². The molecule has 0 heterocycles. The minimum atomic E-state index is -6.55. The third-order valence-electron chi connectivity index (χ3n) is 3.37. The van der Waals surface area contributed by atoms with E-state index in [1.54, 1.807) is 20.8 Å². The third-order valence-corrected chi connectivity index (χ3v) is 4.76. The van der Waals surface area contributed by atoms with Crippen molar-refractivity contribution in [3.63, 3.8) is 0 Å².